The fourth-order valence-electron chi connectivity index (χ4n) is 1.84. The van der Waals surface area contributed by atoms with Gasteiger partial charge in [0.1, 0.15) is 5.02 Å². The highest BCUT2D eigenvalue weighted by Crippen LogP contribution is 2.27. The van der Waals surface area contributed by atoms with Gasteiger partial charge in [-0.05, 0) is 25.1 Å². The summed E-state index contributed by atoms with van der Waals surface area (Å²) in [6.45, 7) is 1.29. The molecule has 2 N–H and O–H groups in total. The minimum Gasteiger partial charge on any atom is -0.315 e. The van der Waals surface area contributed by atoms with Gasteiger partial charge in [0.05, 0.1) is 9.82 Å². The summed E-state index contributed by atoms with van der Waals surface area (Å²) in [6.07, 6.45) is 0.689. The molecule has 1 aromatic carbocycles. The van der Waals surface area contributed by atoms with Crippen LogP contribution in [0.3, 0.4) is 0 Å². The quantitative estimate of drug-likeness (QED) is 0.635. The predicted molar refractivity (Wildman–Crippen MR) is 69.7 cm³/mol. The van der Waals surface area contributed by atoms with Gasteiger partial charge >= 0.3 is 0 Å². The minimum absolute atomic E-state index is 0.0912. The largest absolute Gasteiger partial charge is 0.315 e. The molecule has 1 atom stereocenters. The molecule has 1 fully saturated rings. The van der Waals surface area contributed by atoms with Crippen molar-refractivity contribution in [3.63, 3.8) is 0 Å². The van der Waals surface area contributed by atoms with Crippen molar-refractivity contribution in [2.24, 2.45) is 0 Å². The van der Waals surface area contributed by atoms with Crippen LogP contribution in [0.1, 0.15) is 6.42 Å². The Morgan fingerprint density at radius 1 is 1.47 bits per heavy atom. The van der Waals surface area contributed by atoms with Gasteiger partial charge in [-0.25, -0.2) is 13.1 Å². The summed E-state index contributed by atoms with van der Waals surface area (Å²) in [4.78, 5) is 9.87. The van der Waals surface area contributed by atoms with Crippen LogP contribution in [0.4, 0.5) is 5.69 Å². The second-order valence-corrected chi connectivity index (χ2v) is 6.30. The number of nitrogens with one attached hydrogen (secondary N) is 2. The van der Waals surface area contributed by atoms with Gasteiger partial charge in [-0.3, -0.25) is 10.1 Å². The lowest BCUT2D eigenvalue weighted by Crippen LogP contribution is -2.36. The molecule has 0 bridgehead atoms. The second kappa shape index (κ2) is 5.41. The van der Waals surface area contributed by atoms with Crippen LogP contribution in [0, 0.1) is 10.1 Å². The molecular weight excluding hydrogens is 294 g/mol. The fraction of sp³-hybridized carbons (Fsp3) is 0.400. The van der Waals surface area contributed by atoms with Crippen molar-refractivity contribution in [3.8, 4) is 0 Å². The van der Waals surface area contributed by atoms with E-state index in [-0.39, 0.29) is 16.0 Å². The van der Waals surface area contributed by atoms with E-state index in [1.54, 1.807) is 0 Å². The fourth-order valence-corrected chi connectivity index (χ4v) is 3.32. The van der Waals surface area contributed by atoms with Crippen LogP contribution in [-0.2, 0) is 10.0 Å². The highest BCUT2D eigenvalue weighted by Gasteiger charge is 2.25. The molecule has 1 saturated heterocycles. The topological polar surface area (TPSA) is 101 Å². The number of benzene rings is 1. The maximum Gasteiger partial charge on any atom is 0.289 e. The van der Waals surface area contributed by atoms with Gasteiger partial charge in [-0.2, -0.15) is 0 Å². The third-order valence-corrected chi connectivity index (χ3v) is 4.64. The first-order chi connectivity index (χ1) is 8.90. The lowest BCUT2D eigenvalue weighted by atomic mass is 10.3. The van der Waals surface area contributed by atoms with Gasteiger partial charge in [0.25, 0.3) is 5.69 Å². The Hall–Kier alpha value is -1.22. The molecule has 1 aliphatic heterocycles. The summed E-state index contributed by atoms with van der Waals surface area (Å²) in [6, 6.07) is 3.23. The Kier molecular flexibility index (Phi) is 4.04. The normalized spacial score (nSPS) is 19.5. The Morgan fingerprint density at radius 2 is 2.21 bits per heavy atom. The maximum atomic E-state index is 12.1. The Labute approximate surface area is 115 Å². The summed E-state index contributed by atoms with van der Waals surface area (Å²) in [7, 11) is -3.77. The maximum absolute atomic E-state index is 12.1. The Balaban J connectivity index is 2.29. The molecule has 9 heteroatoms. The number of halogens is 1. The predicted octanol–water partition coefficient (Wildman–Crippen LogP) is 0.888. The van der Waals surface area contributed by atoms with E-state index in [0.29, 0.717) is 13.0 Å². The summed E-state index contributed by atoms with van der Waals surface area (Å²) < 4.78 is 26.6. The summed E-state index contributed by atoms with van der Waals surface area (Å²) in [5.41, 5.74) is -0.422. The molecule has 0 saturated carbocycles. The minimum atomic E-state index is -3.77. The number of hydrogen-bond acceptors (Lipinski definition) is 5. The van der Waals surface area contributed by atoms with Gasteiger partial charge in [-0.15, -0.1) is 0 Å². The number of nitrogens with zero attached hydrogens (tertiary/aromatic N) is 1. The monoisotopic (exact) mass is 305 g/mol. The number of nitro benzene ring substituents is 1. The third-order valence-electron chi connectivity index (χ3n) is 2.81. The summed E-state index contributed by atoms with van der Waals surface area (Å²) in [5.74, 6) is 0. The first-order valence-electron chi connectivity index (χ1n) is 5.57. The highest BCUT2D eigenvalue weighted by atomic mass is 35.5. The molecule has 0 amide bonds. The van der Waals surface area contributed by atoms with E-state index in [0.717, 1.165) is 12.6 Å². The molecule has 7 nitrogen and oxygen atoms in total. The van der Waals surface area contributed by atoms with Crippen molar-refractivity contribution >= 4 is 27.3 Å². The molecule has 1 unspecified atom stereocenters. The average molecular weight is 306 g/mol. The zero-order valence-electron chi connectivity index (χ0n) is 9.80. The molecule has 0 aliphatic carbocycles. The lowest BCUT2D eigenvalue weighted by Gasteiger charge is -2.11. The van der Waals surface area contributed by atoms with Gasteiger partial charge in [0.15, 0.2) is 0 Å². The van der Waals surface area contributed by atoms with Gasteiger partial charge in [0, 0.05) is 18.7 Å². The van der Waals surface area contributed by atoms with E-state index in [9.17, 15) is 18.5 Å². The molecule has 0 radical (unpaired) electrons. The van der Waals surface area contributed by atoms with E-state index >= 15 is 0 Å². The van der Waals surface area contributed by atoms with E-state index in [4.69, 9.17) is 11.6 Å². The lowest BCUT2D eigenvalue weighted by molar-refractivity contribution is -0.384. The van der Waals surface area contributed by atoms with Gasteiger partial charge < -0.3 is 5.32 Å². The smallest absolute Gasteiger partial charge is 0.289 e. The SMILES string of the molecule is O=[N+]([O-])c1cc(S(=O)(=O)NC2CCNC2)ccc1Cl. The molecule has 19 heavy (non-hydrogen) atoms. The van der Waals surface area contributed by atoms with E-state index in [1.807, 2.05) is 0 Å². The van der Waals surface area contributed by atoms with Gasteiger partial charge in [0.2, 0.25) is 10.0 Å². The average Bonchev–Trinajstić information content (AvgIpc) is 2.80. The first-order valence-corrected chi connectivity index (χ1v) is 7.43. The molecule has 0 spiro atoms. The number of sulfonamides is 1. The van der Waals surface area contributed by atoms with Crippen LogP contribution in [0.15, 0.2) is 23.1 Å². The Bertz CT molecular complexity index is 599. The third kappa shape index (κ3) is 3.21. The van der Waals surface area contributed by atoms with E-state index < -0.39 is 20.6 Å². The summed E-state index contributed by atoms with van der Waals surface area (Å²) in [5, 5.41) is 13.7. The molecule has 1 aliphatic rings. The molecule has 1 heterocycles. The first kappa shape index (κ1) is 14.2. The van der Waals surface area contributed by atoms with Crippen molar-refractivity contribution in [2.75, 3.05) is 13.1 Å². The molecule has 104 valence electrons. The highest BCUT2D eigenvalue weighted by molar-refractivity contribution is 7.89. The van der Waals surface area contributed by atoms with Crippen molar-refractivity contribution < 1.29 is 13.3 Å². The van der Waals surface area contributed by atoms with E-state index in [2.05, 4.69) is 10.0 Å². The standard InChI is InChI=1S/C10H12ClN3O4S/c11-9-2-1-8(5-10(9)14(15)16)19(17,18)13-7-3-4-12-6-7/h1-2,5,7,12-13H,3-4,6H2. The van der Waals surface area contributed by atoms with Crippen LogP contribution in [0.2, 0.25) is 5.02 Å². The number of hydrogen-bond donors (Lipinski definition) is 2. The molecular formula is C10H12ClN3O4S. The molecule has 1 aromatic rings. The van der Waals surface area contributed by atoms with Gasteiger partial charge in [-0.1, -0.05) is 11.6 Å². The van der Waals surface area contributed by atoms with Crippen LogP contribution in [0.5, 0.6) is 0 Å². The zero-order valence-corrected chi connectivity index (χ0v) is 11.4. The number of nitro groups is 1. The second-order valence-electron chi connectivity index (χ2n) is 4.18. The summed E-state index contributed by atoms with van der Waals surface area (Å²) >= 11 is 5.64. The number of rotatable bonds is 4. The Morgan fingerprint density at radius 3 is 2.79 bits per heavy atom. The van der Waals surface area contributed by atoms with Crippen molar-refractivity contribution in [1.82, 2.24) is 10.0 Å². The van der Waals surface area contributed by atoms with Crippen LogP contribution >= 0.6 is 11.6 Å². The van der Waals surface area contributed by atoms with Crippen LogP contribution in [-0.4, -0.2) is 32.5 Å². The molecule has 2 rings (SSSR count). The zero-order chi connectivity index (χ0) is 14.0. The molecule has 0 aromatic heterocycles. The van der Waals surface area contributed by atoms with E-state index in [1.165, 1.54) is 12.1 Å². The van der Waals surface area contributed by atoms with Crippen molar-refractivity contribution in [1.29, 1.82) is 0 Å². The van der Waals surface area contributed by atoms with Crippen molar-refractivity contribution in [2.45, 2.75) is 17.4 Å². The van der Waals surface area contributed by atoms with Crippen LogP contribution in [0.25, 0.3) is 0 Å². The van der Waals surface area contributed by atoms with Crippen LogP contribution < -0.4 is 10.0 Å². The van der Waals surface area contributed by atoms with Crippen molar-refractivity contribution in [3.05, 3.63) is 33.3 Å².